The minimum atomic E-state index is -0.539. The van der Waals surface area contributed by atoms with Crippen LogP contribution < -0.4 is 0 Å². The van der Waals surface area contributed by atoms with Crippen LogP contribution in [0.2, 0.25) is 0 Å². The molecule has 2 aliphatic heterocycles. The zero-order valence-electron chi connectivity index (χ0n) is 17.4. The van der Waals surface area contributed by atoms with Crippen LogP contribution in [0.15, 0.2) is 30.3 Å². The van der Waals surface area contributed by atoms with Crippen LogP contribution in [0.1, 0.15) is 69.8 Å². The Hall–Kier alpha value is -1.39. The fourth-order valence-corrected chi connectivity index (χ4v) is 5.97. The maximum atomic E-state index is 12.1. The van der Waals surface area contributed by atoms with Gasteiger partial charge in [-0.3, -0.25) is 4.79 Å². The summed E-state index contributed by atoms with van der Waals surface area (Å²) in [5.41, 5.74) is 0.886. The molecule has 0 radical (unpaired) electrons. The van der Waals surface area contributed by atoms with Gasteiger partial charge in [-0.15, -0.1) is 0 Å². The lowest BCUT2D eigenvalue weighted by atomic mass is 9.75. The Morgan fingerprint density at radius 1 is 1.07 bits per heavy atom. The van der Waals surface area contributed by atoms with E-state index in [1.165, 1.54) is 18.4 Å². The zero-order valence-corrected chi connectivity index (χ0v) is 17.4. The van der Waals surface area contributed by atoms with Crippen molar-refractivity contribution in [3.8, 4) is 0 Å². The maximum absolute atomic E-state index is 12.1. The Morgan fingerprint density at radius 3 is 2.54 bits per heavy atom. The highest BCUT2D eigenvalue weighted by Gasteiger charge is 2.40. The molecule has 4 nitrogen and oxygen atoms in total. The van der Waals surface area contributed by atoms with E-state index in [9.17, 15) is 9.90 Å². The third-order valence-corrected chi connectivity index (χ3v) is 7.51. The van der Waals surface area contributed by atoms with Gasteiger partial charge in [-0.2, -0.15) is 0 Å². The summed E-state index contributed by atoms with van der Waals surface area (Å²) >= 11 is 0. The van der Waals surface area contributed by atoms with Crippen molar-refractivity contribution in [1.82, 2.24) is 9.80 Å². The van der Waals surface area contributed by atoms with Crippen LogP contribution in [-0.2, 0) is 4.79 Å². The molecule has 1 amide bonds. The van der Waals surface area contributed by atoms with Crippen LogP contribution in [0.3, 0.4) is 0 Å². The van der Waals surface area contributed by atoms with E-state index in [0.29, 0.717) is 17.9 Å². The van der Waals surface area contributed by atoms with Crippen molar-refractivity contribution in [2.75, 3.05) is 26.2 Å². The molecule has 4 heteroatoms. The number of carbonyl (C=O) groups is 1. The minimum absolute atomic E-state index is 0.239. The van der Waals surface area contributed by atoms with E-state index >= 15 is 0 Å². The molecule has 1 N–H and O–H groups in total. The van der Waals surface area contributed by atoms with Gasteiger partial charge >= 0.3 is 0 Å². The number of carbonyl (C=O) groups excluding carboxylic acids is 1. The normalized spacial score (nSPS) is 34.5. The van der Waals surface area contributed by atoms with Crippen LogP contribution in [0.4, 0.5) is 0 Å². The standard InChI is InChI=1S/C24H36N2O2/c1-19(27)26-15-6-5-9-22-17-25(16-12-23(22)26)18-24(28)13-10-21(11-14-24)20-7-3-2-4-8-20/h2-4,7-8,21-23,28H,5-6,9-18H2,1H3/t21?,22-,23+,24?/m0/s1. The van der Waals surface area contributed by atoms with Crippen molar-refractivity contribution >= 4 is 5.91 Å². The fraction of sp³-hybridized carbons (Fsp3) is 0.708. The Labute approximate surface area is 169 Å². The van der Waals surface area contributed by atoms with Gasteiger partial charge < -0.3 is 14.9 Å². The number of β-amino-alcohol motifs (C(OH)–C–C–N with tert-alkyl or cyclic N) is 1. The van der Waals surface area contributed by atoms with Crippen LogP contribution in [-0.4, -0.2) is 58.6 Å². The SMILES string of the molecule is CC(=O)N1CCCC[C@H]2CN(CC3(O)CCC(c4ccccc4)CC3)CC[C@H]21. The molecule has 2 saturated heterocycles. The zero-order chi connectivity index (χ0) is 19.6. The summed E-state index contributed by atoms with van der Waals surface area (Å²) in [5.74, 6) is 1.41. The second-order valence-electron chi connectivity index (χ2n) is 9.47. The lowest BCUT2D eigenvalue weighted by molar-refractivity contribution is -0.133. The molecular formula is C24H36N2O2. The molecule has 2 atom stereocenters. The van der Waals surface area contributed by atoms with E-state index < -0.39 is 5.60 Å². The minimum Gasteiger partial charge on any atom is -0.389 e. The molecule has 154 valence electrons. The Bertz CT molecular complexity index is 654. The van der Waals surface area contributed by atoms with Crippen molar-refractivity contribution in [2.45, 2.75) is 75.9 Å². The van der Waals surface area contributed by atoms with Gasteiger partial charge in [0.1, 0.15) is 0 Å². The van der Waals surface area contributed by atoms with Crippen molar-refractivity contribution < 1.29 is 9.90 Å². The molecule has 3 aliphatic rings. The molecule has 3 fully saturated rings. The van der Waals surface area contributed by atoms with Crippen molar-refractivity contribution in [3.05, 3.63) is 35.9 Å². The number of amides is 1. The number of benzene rings is 1. The first kappa shape index (κ1) is 19.9. The van der Waals surface area contributed by atoms with Gasteiger partial charge in [0.05, 0.1) is 5.60 Å². The smallest absolute Gasteiger partial charge is 0.219 e. The predicted molar refractivity (Wildman–Crippen MR) is 112 cm³/mol. The third kappa shape index (κ3) is 4.44. The van der Waals surface area contributed by atoms with Crippen LogP contribution in [0.5, 0.6) is 0 Å². The average molecular weight is 385 g/mol. The summed E-state index contributed by atoms with van der Waals surface area (Å²) in [4.78, 5) is 16.7. The van der Waals surface area contributed by atoms with Crippen molar-refractivity contribution in [1.29, 1.82) is 0 Å². The molecule has 0 unspecified atom stereocenters. The molecule has 28 heavy (non-hydrogen) atoms. The molecule has 2 heterocycles. The molecule has 1 saturated carbocycles. The second-order valence-corrected chi connectivity index (χ2v) is 9.47. The number of likely N-dealkylation sites (tertiary alicyclic amines) is 2. The number of rotatable bonds is 3. The van der Waals surface area contributed by atoms with Gasteiger partial charge in [-0.05, 0) is 62.3 Å². The summed E-state index contributed by atoms with van der Waals surface area (Å²) in [6.45, 7) is 5.51. The van der Waals surface area contributed by atoms with E-state index in [1.54, 1.807) is 6.92 Å². The first-order valence-electron chi connectivity index (χ1n) is 11.3. The van der Waals surface area contributed by atoms with E-state index in [0.717, 1.165) is 64.7 Å². The fourth-order valence-electron chi connectivity index (χ4n) is 5.97. The topological polar surface area (TPSA) is 43.8 Å². The molecule has 1 aromatic rings. The number of aliphatic hydroxyl groups is 1. The predicted octanol–water partition coefficient (Wildman–Crippen LogP) is 3.80. The van der Waals surface area contributed by atoms with Crippen LogP contribution >= 0.6 is 0 Å². The van der Waals surface area contributed by atoms with Crippen LogP contribution in [0, 0.1) is 5.92 Å². The number of hydrogen-bond donors (Lipinski definition) is 1. The highest BCUT2D eigenvalue weighted by molar-refractivity contribution is 5.73. The summed E-state index contributed by atoms with van der Waals surface area (Å²) in [5, 5.41) is 11.3. The summed E-state index contributed by atoms with van der Waals surface area (Å²) < 4.78 is 0. The van der Waals surface area contributed by atoms with Crippen molar-refractivity contribution in [3.63, 3.8) is 0 Å². The summed E-state index contributed by atoms with van der Waals surface area (Å²) in [6, 6.07) is 11.2. The number of nitrogens with zero attached hydrogens (tertiary/aromatic N) is 2. The first-order valence-corrected chi connectivity index (χ1v) is 11.3. The first-order chi connectivity index (χ1) is 13.5. The molecule has 0 aromatic heterocycles. The Morgan fingerprint density at radius 2 is 1.82 bits per heavy atom. The van der Waals surface area contributed by atoms with Gasteiger partial charge in [-0.25, -0.2) is 0 Å². The average Bonchev–Trinajstić information content (AvgIpc) is 2.91. The third-order valence-electron chi connectivity index (χ3n) is 7.51. The van der Waals surface area contributed by atoms with Gasteiger partial charge in [0.15, 0.2) is 0 Å². The summed E-state index contributed by atoms with van der Waals surface area (Å²) in [7, 11) is 0. The maximum Gasteiger partial charge on any atom is 0.219 e. The number of hydrogen-bond acceptors (Lipinski definition) is 3. The number of fused-ring (bicyclic) bond motifs is 1. The van der Waals surface area contributed by atoms with Crippen molar-refractivity contribution in [2.24, 2.45) is 5.92 Å². The van der Waals surface area contributed by atoms with Gasteiger partial charge in [0, 0.05) is 39.1 Å². The second kappa shape index (κ2) is 8.54. The molecule has 4 rings (SSSR count). The quantitative estimate of drug-likeness (QED) is 0.862. The molecule has 1 aromatic carbocycles. The van der Waals surface area contributed by atoms with E-state index in [1.807, 2.05) is 0 Å². The van der Waals surface area contributed by atoms with Crippen LogP contribution in [0.25, 0.3) is 0 Å². The lowest BCUT2D eigenvalue weighted by Gasteiger charge is -2.46. The molecule has 0 bridgehead atoms. The van der Waals surface area contributed by atoms with E-state index in [2.05, 4.69) is 40.1 Å². The number of piperidine rings is 1. The highest BCUT2D eigenvalue weighted by atomic mass is 16.3. The van der Waals surface area contributed by atoms with Gasteiger partial charge in [0.2, 0.25) is 5.91 Å². The Balaban J connectivity index is 1.33. The van der Waals surface area contributed by atoms with Gasteiger partial charge in [-0.1, -0.05) is 36.8 Å². The van der Waals surface area contributed by atoms with Gasteiger partial charge in [0.25, 0.3) is 0 Å². The molecule has 0 spiro atoms. The largest absolute Gasteiger partial charge is 0.389 e. The lowest BCUT2D eigenvalue weighted by Crippen LogP contribution is -2.55. The van der Waals surface area contributed by atoms with E-state index in [4.69, 9.17) is 0 Å². The monoisotopic (exact) mass is 384 g/mol. The molecule has 1 aliphatic carbocycles. The molecular weight excluding hydrogens is 348 g/mol. The van der Waals surface area contributed by atoms with E-state index in [-0.39, 0.29) is 5.91 Å². The summed E-state index contributed by atoms with van der Waals surface area (Å²) in [6.07, 6.45) is 8.61. The Kier molecular flexibility index (Phi) is 6.07. The highest BCUT2D eigenvalue weighted by Crippen LogP contribution is 2.39.